The highest BCUT2D eigenvalue weighted by molar-refractivity contribution is 5.48. The van der Waals surface area contributed by atoms with Crippen molar-refractivity contribution in [2.45, 2.75) is 19.4 Å². The quantitative estimate of drug-likeness (QED) is 0.780. The molecule has 1 N–H and O–H groups in total. The van der Waals surface area contributed by atoms with Gasteiger partial charge in [0.1, 0.15) is 0 Å². The Bertz CT molecular complexity index is 377. The zero-order valence-corrected chi connectivity index (χ0v) is 9.61. The fourth-order valence-corrected chi connectivity index (χ4v) is 2.11. The van der Waals surface area contributed by atoms with Crippen molar-refractivity contribution in [1.82, 2.24) is 5.32 Å². The molecule has 1 aliphatic heterocycles. The van der Waals surface area contributed by atoms with E-state index in [2.05, 4.69) is 47.5 Å². The van der Waals surface area contributed by atoms with E-state index in [1.54, 1.807) is 0 Å². The molecule has 1 aromatic rings. The van der Waals surface area contributed by atoms with Crippen LogP contribution in [-0.4, -0.2) is 25.7 Å². The molecule has 84 valence electrons. The Kier molecular flexibility index (Phi) is 3.43. The predicted octanol–water partition coefficient (Wildman–Crippen LogP) is 1.69. The Morgan fingerprint density at radius 3 is 2.88 bits per heavy atom. The molecule has 3 heteroatoms. The van der Waals surface area contributed by atoms with Gasteiger partial charge in [-0.1, -0.05) is 17.7 Å². The second-order valence-corrected chi connectivity index (χ2v) is 4.31. The fraction of sp³-hybridized carbons (Fsp3) is 0.462. The highest BCUT2D eigenvalue weighted by Crippen LogP contribution is 2.20. The van der Waals surface area contributed by atoms with Crippen molar-refractivity contribution >= 4 is 5.69 Å². The summed E-state index contributed by atoms with van der Waals surface area (Å²) in [4.78, 5) is 2.37. The van der Waals surface area contributed by atoms with E-state index in [0.29, 0.717) is 12.6 Å². The number of anilines is 1. The van der Waals surface area contributed by atoms with Crippen LogP contribution in [0.2, 0.25) is 0 Å². The van der Waals surface area contributed by atoms with Crippen molar-refractivity contribution < 1.29 is 0 Å². The summed E-state index contributed by atoms with van der Waals surface area (Å²) in [5, 5.41) is 11.8. The first-order valence-electron chi connectivity index (χ1n) is 5.71. The molecule has 0 radical (unpaired) electrons. The smallest absolute Gasteiger partial charge is 0.0843 e. The summed E-state index contributed by atoms with van der Waals surface area (Å²) < 4.78 is 0. The van der Waals surface area contributed by atoms with E-state index in [0.717, 1.165) is 19.5 Å². The molecule has 1 aliphatic rings. The van der Waals surface area contributed by atoms with Crippen LogP contribution in [-0.2, 0) is 0 Å². The van der Waals surface area contributed by atoms with Gasteiger partial charge in [0, 0.05) is 24.8 Å². The van der Waals surface area contributed by atoms with E-state index < -0.39 is 0 Å². The zero-order chi connectivity index (χ0) is 11.4. The van der Waals surface area contributed by atoms with Crippen molar-refractivity contribution in [1.29, 1.82) is 5.26 Å². The van der Waals surface area contributed by atoms with Gasteiger partial charge in [-0.3, -0.25) is 5.32 Å². The number of nitrogens with zero attached hydrogens (tertiary/aromatic N) is 2. The van der Waals surface area contributed by atoms with Crippen LogP contribution >= 0.6 is 0 Å². The van der Waals surface area contributed by atoms with Gasteiger partial charge < -0.3 is 4.90 Å². The molecule has 1 heterocycles. The van der Waals surface area contributed by atoms with Crippen LogP contribution in [0.4, 0.5) is 5.69 Å². The molecule has 0 bridgehead atoms. The summed E-state index contributed by atoms with van der Waals surface area (Å²) in [6, 6.07) is 11.2. The first-order chi connectivity index (χ1) is 7.79. The number of aryl methyl sites for hydroxylation is 1. The van der Waals surface area contributed by atoms with Crippen molar-refractivity contribution in [2.75, 3.05) is 24.5 Å². The van der Waals surface area contributed by atoms with E-state index in [-0.39, 0.29) is 0 Å². The Hall–Kier alpha value is -1.53. The summed E-state index contributed by atoms with van der Waals surface area (Å²) in [5.74, 6) is 0. The van der Waals surface area contributed by atoms with E-state index in [4.69, 9.17) is 5.26 Å². The number of benzene rings is 1. The molecule has 0 saturated carbocycles. The van der Waals surface area contributed by atoms with Crippen molar-refractivity contribution in [3.8, 4) is 6.07 Å². The van der Waals surface area contributed by atoms with Gasteiger partial charge in [-0.2, -0.15) is 5.26 Å². The molecule has 1 fully saturated rings. The normalized spacial score (nSPS) is 19.8. The molecule has 3 nitrogen and oxygen atoms in total. The maximum atomic E-state index is 8.51. The molecule has 1 saturated heterocycles. The van der Waals surface area contributed by atoms with Crippen LogP contribution in [0.1, 0.15) is 12.0 Å². The fourth-order valence-electron chi connectivity index (χ4n) is 2.11. The molecular formula is C13H17N3. The standard InChI is InChI=1S/C13H17N3/c1-11-2-4-13(5-3-11)16-9-6-12(10-16)15-8-7-14/h2-5,12,15H,6,8-10H2,1H3. The monoisotopic (exact) mass is 215 g/mol. The van der Waals surface area contributed by atoms with E-state index in [1.165, 1.54) is 11.3 Å². The average molecular weight is 215 g/mol. The molecule has 16 heavy (non-hydrogen) atoms. The molecule has 1 atom stereocenters. The lowest BCUT2D eigenvalue weighted by molar-refractivity contribution is 0.591. The average Bonchev–Trinajstić information content (AvgIpc) is 2.76. The molecule has 1 unspecified atom stereocenters. The highest BCUT2D eigenvalue weighted by atomic mass is 15.2. The van der Waals surface area contributed by atoms with Gasteiger partial charge in [-0.25, -0.2) is 0 Å². The second kappa shape index (κ2) is 5.00. The molecule has 0 aromatic heterocycles. The van der Waals surface area contributed by atoms with Crippen LogP contribution in [0.3, 0.4) is 0 Å². The first-order valence-corrected chi connectivity index (χ1v) is 5.71. The lowest BCUT2D eigenvalue weighted by Crippen LogP contribution is -2.32. The van der Waals surface area contributed by atoms with Gasteiger partial charge in [-0.15, -0.1) is 0 Å². The SMILES string of the molecule is Cc1ccc(N2CCC(NCC#N)C2)cc1. The van der Waals surface area contributed by atoms with Crippen molar-refractivity contribution in [2.24, 2.45) is 0 Å². The first kappa shape index (κ1) is 11.0. The highest BCUT2D eigenvalue weighted by Gasteiger charge is 2.21. The maximum absolute atomic E-state index is 8.51. The largest absolute Gasteiger partial charge is 0.370 e. The Morgan fingerprint density at radius 2 is 2.19 bits per heavy atom. The van der Waals surface area contributed by atoms with Gasteiger partial charge in [0.2, 0.25) is 0 Å². The van der Waals surface area contributed by atoms with Crippen LogP contribution in [0.25, 0.3) is 0 Å². The van der Waals surface area contributed by atoms with E-state index >= 15 is 0 Å². The zero-order valence-electron chi connectivity index (χ0n) is 9.61. The third kappa shape index (κ3) is 2.53. The lowest BCUT2D eigenvalue weighted by Gasteiger charge is -2.18. The van der Waals surface area contributed by atoms with Crippen LogP contribution in [0.5, 0.6) is 0 Å². The Morgan fingerprint density at radius 1 is 1.44 bits per heavy atom. The minimum atomic E-state index is 0.451. The topological polar surface area (TPSA) is 39.1 Å². The number of rotatable bonds is 3. The predicted molar refractivity (Wildman–Crippen MR) is 65.4 cm³/mol. The van der Waals surface area contributed by atoms with Crippen molar-refractivity contribution in [3.05, 3.63) is 29.8 Å². The molecule has 0 aliphatic carbocycles. The van der Waals surface area contributed by atoms with Crippen LogP contribution < -0.4 is 10.2 Å². The van der Waals surface area contributed by atoms with Crippen LogP contribution in [0.15, 0.2) is 24.3 Å². The third-order valence-electron chi connectivity index (χ3n) is 3.06. The number of hydrogen-bond acceptors (Lipinski definition) is 3. The minimum Gasteiger partial charge on any atom is -0.370 e. The summed E-state index contributed by atoms with van der Waals surface area (Å²) in [6.07, 6.45) is 1.12. The van der Waals surface area contributed by atoms with E-state index in [1.807, 2.05) is 0 Å². The summed E-state index contributed by atoms with van der Waals surface area (Å²) >= 11 is 0. The maximum Gasteiger partial charge on any atom is 0.0843 e. The van der Waals surface area contributed by atoms with Gasteiger partial charge in [-0.05, 0) is 25.5 Å². The van der Waals surface area contributed by atoms with Crippen molar-refractivity contribution in [3.63, 3.8) is 0 Å². The third-order valence-corrected chi connectivity index (χ3v) is 3.06. The summed E-state index contributed by atoms with van der Waals surface area (Å²) in [6.45, 7) is 4.63. The lowest BCUT2D eigenvalue weighted by atomic mass is 10.2. The van der Waals surface area contributed by atoms with E-state index in [9.17, 15) is 0 Å². The Balaban J connectivity index is 1.93. The second-order valence-electron chi connectivity index (χ2n) is 4.31. The molecular weight excluding hydrogens is 198 g/mol. The molecule has 2 rings (SSSR count). The number of nitriles is 1. The van der Waals surface area contributed by atoms with Gasteiger partial charge >= 0.3 is 0 Å². The number of nitrogens with one attached hydrogen (secondary N) is 1. The minimum absolute atomic E-state index is 0.451. The van der Waals surface area contributed by atoms with Gasteiger partial charge in [0.25, 0.3) is 0 Å². The summed E-state index contributed by atoms with van der Waals surface area (Å²) in [7, 11) is 0. The molecule has 0 spiro atoms. The van der Waals surface area contributed by atoms with Gasteiger partial charge in [0.15, 0.2) is 0 Å². The Labute approximate surface area is 96.7 Å². The molecule has 1 aromatic carbocycles. The van der Waals surface area contributed by atoms with Gasteiger partial charge in [0.05, 0.1) is 12.6 Å². The van der Waals surface area contributed by atoms with Crippen LogP contribution in [0, 0.1) is 18.3 Å². The summed E-state index contributed by atoms with van der Waals surface area (Å²) in [5.41, 5.74) is 2.58. The molecule has 0 amide bonds. The number of hydrogen-bond donors (Lipinski definition) is 1.